The summed E-state index contributed by atoms with van der Waals surface area (Å²) in [4.78, 5) is 14.3. The first-order valence-corrected chi connectivity index (χ1v) is 10.1. The summed E-state index contributed by atoms with van der Waals surface area (Å²) in [6.07, 6.45) is 2.57. The predicted molar refractivity (Wildman–Crippen MR) is 116 cm³/mol. The molecule has 0 unspecified atom stereocenters. The van der Waals surface area contributed by atoms with Gasteiger partial charge in [0.25, 0.3) is 0 Å². The molecule has 0 spiro atoms. The summed E-state index contributed by atoms with van der Waals surface area (Å²) in [5.74, 6) is 2.30. The topological polar surface area (TPSA) is 64.8 Å². The molecule has 2 aromatic carbocycles. The smallest absolute Gasteiger partial charge is 0.222 e. The van der Waals surface area contributed by atoms with Crippen molar-refractivity contribution in [1.82, 2.24) is 10.1 Å². The van der Waals surface area contributed by atoms with Gasteiger partial charge in [-0.15, -0.1) is 0 Å². The van der Waals surface area contributed by atoms with Crippen LogP contribution in [0, 0.1) is 0 Å². The van der Waals surface area contributed by atoms with Crippen molar-refractivity contribution in [2.24, 2.45) is 0 Å². The van der Waals surface area contributed by atoms with Crippen LogP contribution in [0.1, 0.15) is 24.2 Å². The minimum Gasteiger partial charge on any atom is -0.493 e. The molecule has 0 saturated carbocycles. The molecule has 0 aliphatic carbocycles. The molecule has 30 heavy (non-hydrogen) atoms. The number of aryl methyl sites for hydroxylation is 2. The molecule has 1 aromatic heterocycles. The third-order valence-electron chi connectivity index (χ3n) is 5.06. The lowest BCUT2D eigenvalue weighted by Crippen LogP contribution is -2.28. The molecule has 1 amide bonds. The number of amides is 1. The highest BCUT2D eigenvalue weighted by molar-refractivity contribution is 5.76. The Hall–Kier alpha value is -3.28. The fourth-order valence-corrected chi connectivity index (χ4v) is 3.37. The molecule has 1 heterocycles. The van der Waals surface area contributed by atoms with Crippen molar-refractivity contribution in [2.45, 2.75) is 25.7 Å². The number of benzene rings is 2. The van der Waals surface area contributed by atoms with Crippen molar-refractivity contribution < 1.29 is 18.8 Å². The zero-order valence-corrected chi connectivity index (χ0v) is 17.8. The molecular weight excluding hydrogens is 380 g/mol. The first kappa shape index (κ1) is 21.4. The second-order valence-electron chi connectivity index (χ2n) is 7.12. The Bertz CT molecular complexity index is 953. The Morgan fingerprint density at radius 1 is 1.03 bits per heavy atom. The third kappa shape index (κ3) is 5.41. The number of para-hydroxylation sites is 1. The van der Waals surface area contributed by atoms with Gasteiger partial charge in [0.2, 0.25) is 5.91 Å². The van der Waals surface area contributed by atoms with Crippen LogP contribution >= 0.6 is 0 Å². The van der Waals surface area contributed by atoms with Gasteiger partial charge < -0.3 is 18.9 Å². The quantitative estimate of drug-likeness (QED) is 0.498. The first-order chi connectivity index (χ1) is 14.6. The lowest BCUT2D eigenvalue weighted by Gasteiger charge is -2.17. The third-order valence-corrected chi connectivity index (χ3v) is 5.06. The molecule has 0 N–H and O–H groups in total. The Morgan fingerprint density at radius 3 is 2.57 bits per heavy atom. The van der Waals surface area contributed by atoms with Gasteiger partial charge in [0.05, 0.1) is 14.2 Å². The average Bonchev–Trinajstić information content (AvgIpc) is 3.26. The van der Waals surface area contributed by atoms with Crippen molar-refractivity contribution in [3.05, 3.63) is 65.9 Å². The summed E-state index contributed by atoms with van der Waals surface area (Å²) in [5.41, 5.74) is 2.84. The van der Waals surface area contributed by atoms with Gasteiger partial charge >= 0.3 is 0 Å². The largest absolute Gasteiger partial charge is 0.493 e. The first-order valence-electron chi connectivity index (χ1n) is 10.1. The van der Waals surface area contributed by atoms with Gasteiger partial charge in [-0.1, -0.05) is 47.6 Å². The molecule has 0 bridgehead atoms. The summed E-state index contributed by atoms with van der Waals surface area (Å²) < 4.78 is 16.2. The zero-order valence-electron chi connectivity index (χ0n) is 17.8. The molecule has 0 saturated heterocycles. The number of hydrogen-bond acceptors (Lipinski definition) is 5. The summed E-state index contributed by atoms with van der Waals surface area (Å²) in [5, 5.41) is 4.14. The molecule has 158 valence electrons. The average molecular weight is 408 g/mol. The Kier molecular flexibility index (Phi) is 7.49. The normalized spacial score (nSPS) is 10.6. The van der Waals surface area contributed by atoms with E-state index in [-0.39, 0.29) is 5.91 Å². The maximum Gasteiger partial charge on any atom is 0.222 e. The number of rotatable bonds is 10. The summed E-state index contributed by atoms with van der Waals surface area (Å²) >= 11 is 0. The molecule has 0 fully saturated rings. The number of carbonyl (C=O) groups is 1. The van der Waals surface area contributed by atoms with Gasteiger partial charge in [-0.2, -0.15) is 0 Å². The molecule has 0 aliphatic heterocycles. The van der Waals surface area contributed by atoms with Gasteiger partial charge in [-0.3, -0.25) is 4.79 Å². The van der Waals surface area contributed by atoms with Crippen molar-refractivity contribution >= 4 is 5.91 Å². The Labute approximate surface area is 177 Å². The molecular formula is C24H28N2O4. The minimum absolute atomic E-state index is 0.0995. The van der Waals surface area contributed by atoms with Crippen LogP contribution in [0.4, 0.5) is 0 Å². The second kappa shape index (κ2) is 10.5. The van der Waals surface area contributed by atoms with Gasteiger partial charge in [-0.05, 0) is 24.5 Å². The van der Waals surface area contributed by atoms with Crippen LogP contribution in [-0.2, 0) is 17.6 Å². The number of nitrogens with zero attached hydrogens (tertiary/aromatic N) is 2. The van der Waals surface area contributed by atoms with Crippen LogP contribution < -0.4 is 9.47 Å². The van der Waals surface area contributed by atoms with Crippen LogP contribution in [0.3, 0.4) is 0 Å². The lowest BCUT2D eigenvalue weighted by molar-refractivity contribution is -0.129. The van der Waals surface area contributed by atoms with Crippen molar-refractivity contribution in [2.75, 3.05) is 27.8 Å². The lowest BCUT2D eigenvalue weighted by atomic mass is 10.1. The van der Waals surface area contributed by atoms with E-state index in [4.69, 9.17) is 14.0 Å². The van der Waals surface area contributed by atoms with Gasteiger partial charge in [-0.25, -0.2) is 0 Å². The maximum atomic E-state index is 12.5. The van der Waals surface area contributed by atoms with Crippen LogP contribution in [-0.4, -0.2) is 43.8 Å². The van der Waals surface area contributed by atoms with E-state index in [0.717, 1.165) is 35.4 Å². The molecule has 0 radical (unpaired) electrons. The summed E-state index contributed by atoms with van der Waals surface area (Å²) in [6.45, 7) is 0.662. The zero-order chi connectivity index (χ0) is 21.3. The van der Waals surface area contributed by atoms with E-state index in [2.05, 4.69) is 5.16 Å². The molecule has 6 heteroatoms. The maximum absolute atomic E-state index is 12.5. The second-order valence-corrected chi connectivity index (χ2v) is 7.12. The molecule has 6 nitrogen and oxygen atoms in total. The number of hydrogen-bond donors (Lipinski definition) is 0. The van der Waals surface area contributed by atoms with E-state index >= 15 is 0 Å². The molecule has 0 atom stereocenters. The van der Waals surface area contributed by atoms with Gasteiger partial charge in [0, 0.05) is 38.1 Å². The highest BCUT2D eigenvalue weighted by Gasteiger charge is 2.14. The highest BCUT2D eigenvalue weighted by atomic mass is 16.5. The van der Waals surface area contributed by atoms with Gasteiger partial charge in [0.15, 0.2) is 11.5 Å². The van der Waals surface area contributed by atoms with Crippen molar-refractivity contribution in [3.8, 4) is 22.8 Å². The SMILES string of the molecule is COc1cccc(CCC(=O)N(C)CCCc2cc(-c3ccccc3)no2)c1OC. The van der Waals surface area contributed by atoms with Crippen LogP contribution in [0.15, 0.2) is 59.1 Å². The van der Waals surface area contributed by atoms with E-state index in [1.807, 2.05) is 61.6 Å². The number of ether oxygens (including phenoxy) is 2. The number of carbonyl (C=O) groups excluding carboxylic acids is 1. The van der Waals surface area contributed by atoms with E-state index in [0.29, 0.717) is 30.9 Å². The standard InChI is InChI=1S/C24H28N2O4/c1-26(23(27)15-14-19-11-7-13-22(28-2)24(19)29-3)16-8-12-20-17-21(25-30-20)18-9-5-4-6-10-18/h4-7,9-11,13,17H,8,12,14-16H2,1-3H3. The molecule has 3 aromatic rings. The predicted octanol–water partition coefficient (Wildman–Crippen LogP) is 4.38. The van der Waals surface area contributed by atoms with E-state index in [1.54, 1.807) is 19.1 Å². The van der Waals surface area contributed by atoms with Crippen LogP contribution in [0.25, 0.3) is 11.3 Å². The van der Waals surface area contributed by atoms with Gasteiger partial charge in [0.1, 0.15) is 11.5 Å². The number of aromatic nitrogens is 1. The monoisotopic (exact) mass is 408 g/mol. The molecule has 0 aliphatic rings. The molecule has 3 rings (SSSR count). The minimum atomic E-state index is 0.0995. The van der Waals surface area contributed by atoms with Crippen LogP contribution in [0.5, 0.6) is 11.5 Å². The van der Waals surface area contributed by atoms with Crippen LogP contribution in [0.2, 0.25) is 0 Å². The fraction of sp³-hybridized carbons (Fsp3) is 0.333. The highest BCUT2D eigenvalue weighted by Crippen LogP contribution is 2.31. The van der Waals surface area contributed by atoms with E-state index < -0.39 is 0 Å². The Balaban J connectivity index is 1.46. The fourth-order valence-electron chi connectivity index (χ4n) is 3.37. The summed E-state index contributed by atoms with van der Waals surface area (Å²) in [6, 6.07) is 17.6. The van der Waals surface area contributed by atoms with Crippen molar-refractivity contribution in [1.29, 1.82) is 0 Å². The van der Waals surface area contributed by atoms with Crippen molar-refractivity contribution in [3.63, 3.8) is 0 Å². The van der Waals surface area contributed by atoms with E-state index in [9.17, 15) is 4.79 Å². The Morgan fingerprint density at radius 2 is 1.83 bits per heavy atom. The summed E-state index contributed by atoms with van der Waals surface area (Å²) in [7, 11) is 5.06. The van der Waals surface area contributed by atoms with E-state index in [1.165, 1.54) is 0 Å². The number of methoxy groups -OCH3 is 2.